The molecule has 16 heavy (non-hydrogen) atoms. The van der Waals surface area contributed by atoms with E-state index in [1.807, 2.05) is 0 Å². The van der Waals surface area contributed by atoms with E-state index in [1.54, 1.807) is 0 Å². The first-order valence-corrected chi connectivity index (χ1v) is 4.22. The summed E-state index contributed by atoms with van der Waals surface area (Å²) in [5, 5.41) is 34.7. The minimum atomic E-state index is -1.64. The second kappa shape index (κ2) is 4.97. The Labute approximate surface area is 90.6 Å². The van der Waals surface area contributed by atoms with Gasteiger partial charge in [-0.15, -0.1) is 0 Å². The van der Waals surface area contributed by atoms with Gasteiger partial charge in [0.1, 0.15) is 0 Å². The van der Waals surface area contributed by atoms with Crippen molar-refractivity contribution in [1.82, 2.24) is 0 Å². The van der Waals surface area contributed by atoms with Crippen LogP contribution < -0.4 is 0 Å². The van der Waals surface area contributed by atoms with Gasteiger partial charge in [0.15, 0.2) is 5.41 Å². The monoisotopic (exact) mass is 226 g/mol. The van der Waals surface area contributed by atoms with Crippen molar-refractivity contribution in [1.29, 1.82) is 0 Å². The third kappa shape index (κ3) is 2.20. The fourth-order valence-electron chi connectivity index (χ4n) is 1.20. The van der Waals surface area contributed by atoms with Crippen molar-refractivity contribution in [2.24, 2.45) is 5.41 Å². The number of nitrogens with zero attached hydrogens (tertiary/aromatic N) is 4. The highest BCUT2D eigenvalue weighted by atomic mass is 16.6. The SMILES string of the molecule is CCC(C)(C(=C=[N-])[N+](=O)O)C(=C=[N-])[N+](=O)O. The lowest BCUT2D eigenvalue weighted by molar-refractivity contribution is -0.777. The first-order chi connectivity index (χ1) is 7.34. The second-order valence-corrected chi connectivity index (χ2v) is 3.15. The Morgan fingerprint density at radius 3 is 1.62 bits per heavy atom. The van der Waals surface area contributed by atoms with Gasteiger partial charge in [0.05, 0.1) is 9.81 Å². The highest BCUT2D eigenvalue weighted by Gasteiger charge is 2.50. The first-order valence-electron chi connectivity index (χ1n) is 4.22. The van der Waals surface area contributed by atoms with Crippen LogP contribution in [0.1, 0.15) is 20.3 Å². The van der Waals surface area contributed by atoms with E-state index in [9.17, 15) is 9.81 Å². The van der Waals surface area contributed by atoms with Gasteiger partial charge < -0.3 is 10.8 Å². The van der Waals surface area contributed by atoms with Crippen LogP contribution in [-0.4, -0.2) is 32.0 Å². The molecule has 0 saturated heterocycles. The molecular weight excluding hydrogens is 216 g/mol. The third-order valence-electron chi connectivity index (χ3n) is 2.35. The lowest BCUT2D eigenvalue weighted by Crippen LogP contribution is -2.31. The summed E-state index contributed by atoms with van der Waals surface area (Å²) >= 11 is 0. The first kappa shape index (κ1) is 13.7. The number of hydrogen-bond donors (Lipinski definition) is 2. The molecule has 0 aliphatic heterocycles. The van der Waals surface area contributed by atoms with Crippen molar-refractivity contribution in [2.45, 2.75) is 20.3 Å². The molecule has 0 heterocycles. The van der Waals surface area contributed by atoms with Gasteiger partial charge >= 0.3 is 11.4 Å². The fourth-order valence-corrected chi connectivity index (χ4v) is 1.20. The van der Waals surface area contributed by atoms with Crippen LogP contribution in [0.3, 0.4) is 0 Å². The molecule has 0 amide bonds. The molecule has 8 heteroatoms. The molecule has 0 saturated carbocycles. The average Bonchev–Trinajstić information content (AvgIpc) is 2.18. The van der Waals surface area contributed by atoms with Crippen molar-refractivity contribution in [3.63, 3.8) is 0 Å². The molecule has 0 radical (unpaired) electrons. The summed E-state index contributed by atoms with van der Waals surface area (Å²) in [6, 6.07) is 0. The molecule has 0 unspecified atom stereocenters. The van der Waals surface area contributed by atoms with Crippen LogP contribution in [0, 0.1) is 15.2 Å². The van der Waals surface area contributed by atoms with Crippen LogP contribution >= 0.6 is 0 Å². The predicted molar refractivity (Wildman–Crippen MR) is 53.0 cm³/mol. The smallest absolute Gasteiger partial charge is 0.330 e. The van der Waals surface area contributed by atoms with Crippen molar-refractivity contribution in [3.8, 4) is 0 Å². The second-order valence-electron chi connectivity index (χ2n) is 3.15. The highest BCUT2D eigenvalue weighted by molar-refractivity contribution is 5.66. The molecule has 0 rings (SSSR count). The van der Waals surface area contributed by atoms with Crippen LogP contribution in [0.25, 0.3) is 10.8 Å². The maximum atomic E-state index is 10.7. The van der Waals surface area contributed by atoms with Crippen LogP contribution in [0.5, 0.6) is 0 Å². The molecule has 0 bridgehead atoms. The van der Waals surface area contributed by atoms with Crippen molar-refractivity contribution >= 4 is 11.7 Å². The molecular formula is C8H10N4O4. The number of rotatable bonds is 5. The lowest BCUT2D eigenvalue weighted by atomic mass is 9.81. The zero-order valence-electron chi connectivity index (χ0n) is 8.71. The van der Waals surface area contributed by atoms with Gasteiger partial charge in [-0.2, -0.15) is 11.7 Å². The number of hydrogen-bond acceptors (Lipinski definition) is 2. The van der Waals surface area contributed by atoms with E-state index < -0.39 is 26.7 Å². The molecule has 2 N–H and O–H groups in total. The van der Waals surface area contributed by atoms with E-state index in [2.05, 4.69) is 0 Å². The normalized spacial score (nSPS) is 12.9. The molecule has 0 spiro atoms. The highest BCUT2D eigenvalue weighted by Crippen LogP contribution is 2.36. The van der Waals surface area contributed by atoms with Gasteiger partial charge in [-0.3, -0.25) is 0 Å². The minimum absolute atomic E-state index is 0.00259. The van der Waals surface area contributed by atoms with E-state index in [0.29, 0.717) is 0 Å². The van der Waals surface area contributed by atoms with Gasteiger partial charge in [-0.25, -0.2) is 10.4 Å². The van der Waals surface area contributed by atoms with E-state index in [0.717, 1.165) is 0 Å². The summed E-state index contributed by atoms with van der Waals surface area (Å²) in [4.78, 5) is 20.0. The molecule has 0 aromatic rings. The summed E-state index contributed by atoms with van der Waals surface area (Å²) in [6.45, 7) is 2.70. The standard InChI is InChI=1S/C8H10N4O4/c1-3-8(2,6(4-9)11(13)14)7(5-10)12(15)16/h3H2,1-2H3,(H,13,14)(H,15,16). The maximum Gasteiger partial charge on any atom is 0.330 e. The molecule has 0 aliphatic rings. The van der Waals surface area contributed by atoms with Gasteiger partial charge in [-0.1, -0.05) is 6.92 Å². The summed E-state index contributed by atoms with van der Waals surface area (Å²) in [7, 11) is 0. The molecule has 0 aliphatic carbocycles. The van der Waals surface area contributed by atoms with Crippen molar-refractivity contribution in [3.05, 3.63) is 32.0 Å². The van der Waals surface area contributed by atoms with Crippen molar-refractivity contribution in [2.75, 3.05) is 0 Å². The van der Waals surface area contributed by atoms with Crippen molar-refractivity contribution < 1.29 is 20.3 Å². The third-order valence-corrected chi connectivity index (χ3v) is 2.35. The maximum absolute atomic E-state index is 10.7. The van der Waals surface area contributed by atoms with Crippen LogP contribution in [0.2, 0.25) is 0 Å². The van der Waals surface area contributed by atoms with Gasteiger partial charge in [0.2, 0.25) is 0 Å². The lowest BCUT2D eigenvalue weighted by Gasteiger charge is -2.16. The molecule has 0 aromatic carbocycles. The van der Waals surface area contributed by atoms with Gasteiger partial charge in [-0.05, 0) is 13.3 Å². The molecule has 0 fully saturated rings. The van der Waals surface area contributed by atoms with E-state index in [4.69, 9.17) is 21.2 Å². The molecule has 86 valence electrons. The van der Waals surface area contributed by atoms with E-state index in [-0.39, 0.29) is 6.42 Å². The van der Waals surface area contributed by atoms with Gasteiger partial charge in [0, 0.05) is 0 Å². The Kier molecular flexibility index (Phi) is 4.26. The zero-order valence-corrected chi connectivity index (χ0v) is 8.71. The average molecular weight is 226 g/mol. The summed E-state index contributed by atoms with van der Waals surface area (Å²) in [5.74, 6) is 2.79. The predicted octanol–water partition coefficient (Wildman–Crippen LogP) is 0.985. The van der Waals surface area contributed by atoms with E-state index in [1.165, 1.54) is 25.6 Å². The fraction of sp³-hybridized carbons (Fsp3) is 0.500. The Hall–Kier alpha value is -2.30. The van der Waals surface area contributed by atoms with Crippen LogP contribution in [0.15, 0.2) is 11.4 Å². The minimum Gasteiger partial charge on any atom is -0.758 e. The molecule has 8 nitrogen and oxygen atoms in total. The summed E-state index contributed by atoms with van der Waals surface area (Å²) < 4.78 is 0. The zero-order chi connectivity index (χ0) is 12.9. The summed E-state index contributed by atoms with van der Waals surface area (Å²) in [5.41, 5.74) is -3.14. The largest absolute Gasteiger partial charge is 0.758 e. The van der Waals surface area contributed by atoms with Crippen LogP contribution in [-0.2, 0) is 0 Å². The Morgan fingerprint density at radius 1 is 1.19 bits per heavy atom. The molecule has 0 atom stereocenters. The quantitative estimate of drug-likeness (QED) is 0.535. The van der Waals surface area contributed by atoms with E-state index >= 15 is 0 Å². The summed E-state index contributed by atoms with van der Waals surface area (Å²) in [6.07, 6.45) is -0.00259. The van der Waals surface area contributed by atoms with Gasteiger partial charge in [0.25, 0.3) is 9.85 Å². The Bertz CT molecular complexity index is 393. The van der Waals surface area contributed by atoms with Crippen LogP contribution in [0.4, 0.5) is 0 Å². The Balaban J connectivity index is 5.89. The topological polar surface area (TPSA) is 125 Å². The molecule has 0 aromatic heterocycles. The Morgan fingerprint density at radius 2 is 1.50 bits per heavy atom.